The van der Waals surface area contributed by atoms with Gasteiger partial charge in [0, 0.05) is 6.42 Å². The van der Waals surface area contributed by atoms with Crippen LogP contribution in [0.3, 0.4) is 0 Å². The average Bonchev–Trinajstić information content (AvgIpc) is 2.17. The fourth-order valence-corrected chi connectivity index (χ4v) is 1.63. The standard InChI is InChI=1S/C9H11NO5S/c10-8(9(11)12)5-6-1-3-7(4-2-6)16(13,14)15/h1-4,8H,5,10H2,(H,11,12)(H,13,14,15)/t8-/m0/s1. The van der Waals surface area contributed by atoms with E-state index >= 15 is 0 Å². The highest BCUT2D eigenvalue weighted by Gasteiger charge is 2.15. The molecule has 0 bridgehead atoms. The first-order chi connectivity index (χ1) is 7.30. The van der Waals surface area contributed by atoms with Gasteiger partial charge in [0.2, 0.25) is 0 Å². The minimum atomic E-state index is -4.45. The zero-order chi connectivity index (χ0) is 12.3. The van der Waals surface area contributed by atoms with Crippen LogP contribution in [0.4, 0.5) is 0 Å². The van der Waals surface area contributed by atoms with Gasteiger partial charge in [0.1, 0.15) is 10.1 Å². The summed E-state index contributed by atoms with van der Waals surface area (Å²) in [6, 6.07) is 4.34. The summed E-state index contributed by atoms with van der Waals surface area (Å²) in [5.74, 6) is -1.03. The van der Waals surface area contributed by atoms with Crippen LogP contribution in [0.25, 0.3) is 0 Å². The number of carbonyl (C=O) groups is 1. The minimum Gasteiger partial charge on any atom is -0.744 e. The lowest BCUT2D eigenvalue weighted by molar-refractivity contribution is -0.407. The van der Waals surface area contributed by atoms with Gasteiger partial charge >= 0.3 is 5.97 Å². The number of aliphatic carboxylic acids is 1. The third kappa shape index (κ3) is 3.30. The molecule has 0 aliphatic rings. The van der Waals surface area contributed by atoms with Gasteiger partial charge in [-0.3, -0.25) is 0 Å². The Balaban J connectivity index is 2.84. The molecule has 4 N–H and O–H groups in total. The van der Waals surface area contributed by atoms with Crippen LogP contribution in [-0.4, -0.2) is 30.1 Å². The molecule has 1 atom stereocenters. The molecule has 0 amide bonds. The molecule has 6 nitrogen and oxygen atoms in total. The first kappa shape index (κ1) is 12.6. The SMILES string of the molecule is [NH3+][C@@H](Cc1ccc(S(=O)(=O)[O-])cc1)C(=O)O. The van der Waals surface area contributed by atoms with E-state index in [4.69, 9.17) is 5.11 Å². The topological polar surface area (TPSA) is 122 Å². The number of hydrogen-bond donors (Lipinski definition) is 2. The van der Waals surface area contributed by atoms with Crippen LogP contribution in [0.15, 0.2) is 29.2 Å². The van der Waals surface area contributed by atoms with Crippen LogP contribution >= 0.6 is 0 Å². The summed E-state index contributed by atoms with van der Waals surface area (Å²) in [5, 5.41) is 8.62. The molecule has 7 heteroatoms. The van der Waals surface area contributed by atoms with Gasteiger partial charge in [0.15, 0.2) is 6.04 Å². The Kier molecular flexibility index (Phi) is 3.63. The molecule has 0 heterocycles. The van der Waals surface area contributed by atoms with Gasteiger partial charge in [-0.05, 0) is 17.7 Å². The molecule has 0 saturated carbocycles. The number of hydrogen-bond acceptors (Lipinski definition) is 4. The van der Waals surface area contributed by atoms with E-state index < -0.39 is 22.1 Å². The maximum Gasteiger partial charge on any atom is 0.362 e. The minimum absolute atomic E-state index is 0.189. The molecular formula is C9H11NO5S. The molecule has 0 aliphatic carbocycles. The van der Waals surface area contributed by atoms with Crippen molar-refractivity contribution in [2.24, 2.45) is 0 Å². The quantitative estimate of drug-likeness (QED) is 0.647. The Morgan fingerprint density at radius 3 is 2.25 bits per heavy atom. The molecular weight excluding hydrogens is 234 g/mol. The van der Waals surface area contributed by atoms with E-state index in [1.165, 1.54) is 12.1 Å². The summed E-state index contributed by atoms with van der Waals surface area (Å²) < 4.78 is 31.8. The molecule has 0 unspecified atom stereocenters. The number of benzene rings is 1. The maximum absolute atomic E-state index is 10.6. The van der Waals surface area contributed by atoms with Crippen molar-refractivity contribution in [1.29, 1.82) is 0 Å². The summed E-state index contributed by atoms with van der Waals surface area (Å²) >= 11 is 0. The normalized spacial score (nSPS) is 13.4. The van der Waals surface area contributed by atoms with Gasteiger partial charge < -0.3 is 15.4 Å². The van der Waals surface area contributed by atoms with Crippen LogP contribution in [0.2, 0.25) is 0 Å². The molecule has 0 spiro atoms. The Morgan fingerprint density at radius 1 is 1.38 bits per heavy atom. The van der Waals surface area contributed by atoms with E-state index in [9.17, 15) is 17.8 Å². The van der Waals surface area contributed by atoms with Crippen molar-refractivity contribution in [1.82, 2.24) is 0 Å². The van der Waals surface area contributed by atoms with Crippen LogP contribution in [-0.2, 0) is 21.3 Å². The third-order valence-corrected chi connectivity index (χ3v) is 2.89. The van der Waals surface area contributed by atoms with E-state index in [0.717, 1.165) is 12.1 Å². The average molecular weight is 245 g/mol. The second-order valence-corrected chi connectivity index (χ2v) is 4.72. The van der Waals surface area contributed by atoms with Gasteiger partial charge in [0.25, 0.3) is 0 Å². The van der Waals surface area contributed by atoms with Gasteiger partial charge in [-0.25, -0.2) is 13.2 Å². The highest BCUT2D eigenvalue weighted by Crippen LogP contribution is 2.10. The van der Waals surface area contributed by atoms with E-state index in [1.807, 2.05) is 0 Å². The van der Waals surface area contributed by atoms with Gasteiger partial charge in [-0.2, -0.15) is 0 Å². The molecule has 16 heavy (non-hydrogen) atoms. The number of carboxylic acids is 1. The summed E-state index contributed by atoms with van der Waals surface area (Å²) in [6.45, 7) is 0. The second kappa shape index (κ2) is 4.60. The summed E-state index contributed by atoms with van der Waals surface area (Å²) in [7, 11) is -4.45. The Labute approximate surface area is 92.5 Å². The summed E-state index contributed by atoms with van der Waals surface area (Å²) in [4.78, 5) is 10.2. The Morgan fingerprint density at radius 2 is 1.88 bits per heavy atom. The largest absolute Gasteiger partial charge is 0.744 e. The van der Waals surface area contributed by atoms with Crippen molar-refractivity contribution in [3.63, 3.8) is 0 Å². The first-order valence-electron chi connectivity index (χ1n) is 4.41. The highest BCUT2D eigenvalue weighted by molar-refractivity contribution is 7.85. The van der Waals surface area contributed by atoms with Crippen LogP contribution in [0.5, 0.6) is 0 Å². The summed E-state index contributed by atoms with van der Waals surface area (Å²) in [6.07, 6.45) is 0.189. The number of carboxylic acid groups (broad SMARTS) is 1. The van der Waals surface area contributed by atoms with Crippen molar-refractivity contribution in [2.75, 3.05) is 0 Å². The molecule has 0 aromatic heterocycles. The molecule has 1 aromatic rings. The van der Waals surface area contributed by atoms with E-state index in [1.54, 1.807) is 0 Å². The van der Waals surface area contributed by atoms with Crippen LogP contribution in [0, 0.1) is 0 Å². The highest BCUT2D eigenvalue weighted by atomic mass is 32.2. The second-order valence-electron chi connectivity index (χ2n) is 3.34. The van der Waals surface area contributed by atoms with Crippen LogP contribution < -0.4 is 5.73 Å². The molecule has 1 aromatic carbocycles. The van der Waals surface area contributed by atoms with E-state index in [-0.39, 0.29) is 11.3 Å². The molecule has 0 fully saturated rings. The van der Waals surface area contributed by atoms with E-state index in [2.05, 4.69) is 5.73 Å². The monoisotopic (exact) mass is 245 g/mol. The number of rotatable bonds is 4. The van der Waals surface area contributed by atoms with Gasteiger partial charge in [-0.1, -0.05) is 12.1 Å². The third-order valence-electron chi connectivity index (χ3n) is 2.04. The number of quaternary nitrogens is 1. The maximum atomic E-state index is 10.6. The zero-order valence-corrected chi connectivity index (χ0v) is 9.11. The van der Waals surface area contributed by atoms with Crippen molar-refractivity contribution >= 4 is 16.1 Å². The Bertz CT molecular complexity index is 479. The smallest absolute Gasteiger partial charge is 0.362 e. The molecule has 0 aliphatic heterocycles. The lowest BCUT2D eigenvalue weighted by atomic mass is 10.1. The van der Waals surface area contributed by atoms with E-state index in [0.29, 0.717) is 5.56 Å². The lowest BCUT2D eigenvalue weighted by Gasteiger charge is -2.08. The van der Waals surface area contributed by atoms with Crippen molar-refractivity contribution in [2.45, 2.75) is 17.4 Å². The predicted molar refractivity (Wildman–Crippen MR) is 52.4 cm³/mol. The van der Waals surface area contributed by atoms with Crippen LogP contribution in [0.1, 0.15) is 5.56 Å². The molecule has 88 valence electrons. The van der Waals surface area contributed by atoms with Crippen molar-refractivity contribution in [3.05, 3.63) is 29.8 Å². The zero-order valence-electron chi connectivity index (χ0n) is 8.29. The first-order valence-corrected chi connectivity index (χ1v) is 5.82. The fourth-order valence-electron chi connectivity index (χ4n) is 1.16. The van der Waals surface area contributed by atoms with Gasteiger partial charge in [-0.15, -0.1) is 0 Å². The van der Waals surface area contributed by atoms with Gasteiger partial charge in [0.05, 0.1) is 4.90 Å². The summed E-state index contributed by atoms with van der Waals surface area (Å²) in [5.41, 5.74) is 4.04. The lowest BCUT2D eigenvalue weighted by Crippen LogP contribution is -2.65. The Hall–Kier alpha value is -1.44. The fraction of sp³-hybridized carbons (Fsp3) is 0.222. The van der Waals surface area contributed by atoms with Crippen molar-refractivity contribution < 1.29 is 28.6 Å². The molecule has 0 radical (unpaired) electrons. The molecule has 0 saturated heterocycles. The predicted octanol–water partition coefficient (Wildman–Crippen LogP) is -1.17. The van der Waals surface area contributed by atoms with Crippen molar-refractivity contribution in [3.8, 4) is 0 Å². The molecule has 1 rings (SSSR count).